The summed E-state index contributed by atoms with van der Waals surface area (Å²) in [6.45, 7) is 3.13. The van der Waals surface area contributed by atoms with Gasteiger partial charge in [-0.05, 0) is 50.9 Å². The van der Waals surface area contributed by atoms with Gasteiger partial charge < -0.3 is 15.3 Å². The molecule has 3 nitrogen and oxygen atoms in total. The molecule has 0 aliphatic heterocycles. The minimum atomic E-state index is 0.227. The molecule has 1 unspecified atom stereocenters. The fourth-order valence-corrected chi connectivity index (χ4v) is 2.45. The third-order valence-corrected chi connectivity index (χ3v) is 4.01. The minimum Gasteiger partial charge on any atom is -0.395 e. The van der Waals surface area contributed by atoms with Crippen molar-refractivity contribution in [3.05, 3.63) is 29.8 Å². The fraction of sp³-hybridized carbons (Fsp3) is 0.600. The summed E-state index contributed by atoms with van der Waals surface area (Å²) < 4.78 is 0. The van der Waals surface area contributed by atoms with Gasteiger partial charge in [-0.3, -0.25) is 0 Å². The summed E-state index contributed by atoms with van der Waals surface area (Å²) in [7, 11) is 1.98. The van der Waals surface area contributed by atoms with Crippen molar-refractivity contribution in [2.45, 2.75) is 38.3 Å². The molecule has 1 aliphatic rings. The summed E-state index contributed by atoms with van der Waals surface area (Å²) in [4.78, 5) is 2.34. The first-order valence-electron chi connectivity index (χ1n) is 6.91. The molecule has 1 saturated carbocycles. The van der Waals surface area contributed by atoms with Crippen molar-refractivity contribution in [1.82, 2.24) is 5.32 Å². The number of nitrogens with one attached hydrogen (secondary N) is 1. The Bertz CT molecular complexity index is 359. The van der Waals surface area contributed by atoms with Crippen LogP contribution in [0.1, 0.15) is 37.8 Å². The molecule has 0 aromatic heterocycles. The van der Waals surface area contributed by atoms with Crippen molar-refractivity contribution in [3.8, 4) is 0 Å². The Balaban J connectivity index is 2.10. The largest absolute Gasteiger partial charge is 0.395 e. The summed E-state index contributed by atoms with van der Waals surface area (Å²) in [5.41, 5.74) is 2.54. The Hall–Kier alpha value is -1.06. The highest BCUT2D eigenvalue weighted by molar-refractivity contribution is 5.49. The second-order valence-electron chi connectivity index (χ2n) is 5.10. The maximum atomic E-state index is 9.20. The molecular formula is C15H24N2O. The lowest BCUT2D eigenvalue weighted by atomic mass is 9.91. The number of nitrogens with zero attached hydrogens (tertiary/aromatic N) is 1. The quantitative estimate of drug-likeness (QED) is 0.811. The summed E-state index contributed by atoms with van der Waals surface area (Å²) in [5, 5.41) is 12.4. The van der Waals surface area contributed by atoms with Crippen LogP contribution >= 0.6 is 0 Å². The van der Waals surface area contributed by atoms with E-state index < -0.39 is 0 Å². The van der Waals surface area contributed by atoms with Crippen molar-refractivity contribution in [2.24, 2.45) is 0 Å². The monoisotopic (exact) mass is 248 g/mol. The normalized spacial score (nSPS) is 17.3. The smallest absolute Gasteiger partial charge is 0.0606 e. The zero-order chi connectivity index (χ0) is 13.0. The van der Waals surface area contributed by atoms with Crippen LogP contribution < -0.4 is 10.2 Å². The van der Waals surface area contributed by atoms with Gasteiger partial charge in [-0.2, -0.15) is 0 Å². The lowest BCUT2D eigenvalue weighted by Crippen LogP contribution is -2.41. The molecule has 0 heterocycles. The molecular weight excluding hydrogens is 224 g/mol. The van der Waals surface area contributed by atoms with Crippen molar-refractivity contribution in [2.75, 3.05) is 25.1 Å². The van der Waals surface area contributed by atoms with Crippen LogP contribution in [0.25, 0.3) is 0 Å². The number of benzene rings is 1. The Kier molecular flexibility index (Phi) is 4.61. The van der Waals surface area contributed by atoms with E-state index in [1.54, 1.807) is 0 Å². The highest BCUT2D eigenvalue weighted by atomic mass is 16.3. The standard InChI is InChI=1S/C15H24N2O/c1-12(16-2)13-6-8-15(9-7-13)17(10-11-18)14-4-3-5-14/h6-9,12,14,16,18H,3-5,10-11H2,1-2H3. The lowest BCUT2D eigenvalue weighted by molar-refractivity contribution is 0.283. The number of rotatable bonds is 6. The van der Waals surface area contributed by atoms with Gasteiger partial charge in [-0.25, -0.2) is 0 Å². The van der Waals surface area contributed by atoms with E-state index in [0.717, 1.165) is 6.54 Å². The zero-order valence-corrected chi connectivity index (χ0v) is 11.4. The molecule has 1 fully saturated rings. The van der Waals surface area contributed by atoms with E-state index in [9.17, 15) is 5.11 Å². The molecule has 2 N–H and O–H groups in total. The van der Waals surface area contributed by atoms with Gasteiger partial charge in [0.2, 0.25) is 0 Å². The predicted octanol–water partition coefficient (Wildman–Crippen LogP) is 2.32. The molecule has 1 aromatic carbocycles. The third kappa shape index (κ3) is 2.85. The lowest BCUT2D eigenvalue weighted by Gasteiger charge is -2.39. The molecule has 2 rings (SSSR count). The molecule has 1 atom stereocenters. The first-order valence-corrected chi connectivity index (χ1v) is 6.91. The van der Waals surface area contributed by atoms with Crippen LogP contribution in [0.5, 0.6) is 0 Å². The van der Waals surface area contributed by atoms with Crippen LogP contribution in [-0.4, -0.2) is 31.3 Å². The Labute approximate surface area is 110 Å². The van der Waals surface area contributed by atoms with Crippen molar-refractivity contribution < 1.29 is 5.11 Å². The topological polar surface area (TPSA) is 35.5 Å². The maximum absolute atomic E-state index is 9.20. The zero-order valence-electron chi connectivity index (χ0n) is 11.4. The van der Waals surface area contributed by atoms with Crippen molar-refractivity contribution in [3.63, 3.8) is 0 Å². The first-order chi connectivity index (χ1) is 8.76. The van der Waals surface area contributed by atoms with Gasteiger partial charge in [-0.15, -0.1) is 0 Å². The molecule has 0 bridgehead atoms. The van der Waals surface area contributed by atoms with Gasteiger partial charge in [0.15, 0.2) is 0 Å². The highest BCUT2D eigenvalue weighted by Gasteiger charge is 2.24. The fourth-order valence-electron chi connectivity index (χ4n) is 2.45. The van der Waals surface area contributed by atoms with E-state index in [4.69, 9.17) is 0 Å². The van der Waals surface area contributed by atoms with Crippen LogP contribution in [0.15, 0.2) is 24.3 Å². The molecule has 1 aromatic rings. The van der Waals surface area contributed by atoms with Crippen molar-refractivity contribution >= 4 is 5.69 Å². The second kappa shape index (κ2) is 6.21. The van der Waals surface area contributed by atoms with Crippen LogP contribution in [0.4, 0.5) is 5.69 Å². The molecule has 0 radical (unpaired) electrons. The predicted molar refractivity (Wildman–Crippen MR) is 76.0 cm³/mol. The summed E-state index contributed by atoms with van der Waals surface area (Å²) in [5.74, 6) is 0. The van der Waals surface area contributed by atoms with Crippen LogP contribution in [-0.2, 0) is 0 Å². The van der Waals surface area contributed by atoms with Gasteiger partial charge in [0.05, 0.1) is 6.61 Å². The van der Waals surface area contributed by atoms with E-state index in [2.05, 4.69) is 41.4 Å². The number of aliphatic hydroxyl groups is 1. The van der Waals surface area contributed by atoms with Crippen LogP contribution in [0.3, 0.4) is 0 Å². The van der Waals surface area contributed by atoms with E-state index in [1.165, 1.54) is 30.5 Å². The number of hydrogen-bond acceptors (Lipinski definition) is 3. The SMILES string of the molecule is CNC(C)c1ccc(N(CCO)C2CCC2)cc1. The Morgan fingerprint density at radius 1 is 1.33 bits per heavy atom. The average Bonchev–Trinajstić information content (AvgIpc) is 2.35. The number of hydrogen-bond donors (Lipinski definition) is 2. The Morgan fingerprint density at radius 3 is 2.44 bits per heavy atom. The van der Waals surface area contributed by atoms with Gasteiger partial charge >= 0.3 is 0 Å². The first kappa shape index (κ1) is 13.4. The summed E-state index contributed by atoms with van der Waals surface area (Å²) in [6.07, 6.45) is 3.84. The van der Waals surface area contributed by atoms with E-state index in [1.807, 2.05) is 7.05 Å². The van der Waals surface area contributed by atoms with Gasteiger partial charge in [-0.1, -0.05) is 12.1 Å². The highest BCUT2D eigenvalue weighted by Crippen LogP contribution is 2.29. The Morgan fingerprint density at radius 2 is 2.00 bits per heavy atom. The van der Waals surface area contributed by atoms with E-state index in [0.29, 0.717) is 12.1 Å². The molecule has 100 valence electrons. The second-order valence-corrected chi connectivity index (χ2v) is 5.10. The average molecular weight is 248 g/mol. The molecule has 1 aliphatic carbocycles. The van der Waals surface area contributed by atoms with Gasteiger partial charge in [0.1, 0.15) is 0 Å². The van der Waals surface area contributed by atoms with Crippen molar-refractivity contribution in [1.29, 1.82) is 0 Å². The summed E-state index contributed by atoms with van der Waals surface area (Å²) in [6, 6.07) is 9.73. The molecule has 0 amide bonds. The van der Waals surface area contributed by atoms with Crippen LogP contribution in [0.2, 0.25) is 0 Å². The van der Waals surface area contributed by atoms with E-state index in [-0.39, 0.29) is 6.61 Å². The molecule has 18 heavy (non-hydrogen) atoms. The van der Waals surface area contributed by atoms with Gasteiger partial charge in [0, 0.05) is 24.3 Å². The third-order valence-electron chi connectivity index (χ3n) is 4.01. The maximum Gasteiger partial charge on any atom is 0.0606 e. The molecule has 0 spiro atoms. The summed E-state index contributed by atoms with van der Waals surface area (Å²) >= 11 is 0. The van der Waals surface area contributed by atoms with Gasteiger partial charge in [0.25, 0.3) is 0 Å². The number of anilines is 1. The molecule has 3 heteroatoms. The minimum absolute atomic E-state index is 0.227. The van der Waals surface area contributed by atoms with E-state index >= 15 is 0 Å². The molecule has 0 saturated heterocycles. The number of aliphatic hydroxyl groups excluding tert-OH is 1. The van der Waals surface area contributed by atoms with Crippen LogP contribution in [0, 0.1) is 0 Å².